The molecule has 0 saturated heterocycles. The summed E-state index contributed by atoms with van der Waals surface area (Å²) in [6.45, 7) is 2.41. The van der Waals surface area contributed by atoms with E-state index in [1.165, 1.54) is 0 Å². The molecule has 0 saturated carbocycles. The van der Waals surface area contributed by atoms with Crippen LogP contribution in [0.3, 0.4) is 0 Å². The summed E-state index contributed by atoms with van der Waals surface area (Å²) >= 11 is 3.45. The Morgan fingerprint density at radius 1 is 1.26 bits per heavy atom. The largest absolute Gasteiger partial charge is 0.398 e. The summed E-state index contributed by atoms with van der Waals surface area (Å²) < 4.78 is 0.979. The number of aryl methyl sites for hydroxylation is 1. The van der Waals surface area contributed by atoms with Gasteiger partial charge in [-0.1, -0.05) is 40.2 Å². The highest BCUT2D eigenvalue weighted by molar-refractivity contribution is 9.10. The van der Waals surface area contributed by atoms with E-state index in [0.717, 1.165) is 15.6 Å². The van der Waals surface area contributed by atoms with Gasteiger partial charge in [-0.15, -0.1) is 0 Å². The Balaban J connectivity index is 2.08. The average molecular weight is 319 g/mol. The molecule has 4 heteroatoms. The van der Waals surface area contributed by atoms with Crippen molar-refractivity contribution in [2.24, 2.45) is 0 Å². The van der Waals surface area contributed by atoms with Crippen LogP contribution in [0.15, 0.2) is 46.9 Å². The summed E-state index contributed by atoms with van der Waals surface area (Å²) in [5.74, 6) is -0.159. The van der Waals surface area contributed by atoms with Crippen molar-refractivity contribution < 1.29 is 4.79 Å². The number of rotatable bonds is 3. The van der Waals surface area contributed by atoms with Gasteiger partial charge in [0.15, 0.2) is 0 Å². The van der Waals surface area contributed by atoms with E-state index in [2.05, 4.69) is 21.2 Å². The molecule has 2 aromatic rings. The first kappa shape index (κ1) is 13.6. The van der Waals surface area contributed by atoms with Crippen LogP contribution in [0.4, 0.5) is 5.69 Å². The molecule has 0 fully saturated rings. The van der Waals surface area contributed by atoms with Crippen molar-refractivity contribution in [2.45, 2.75) is 13.5 Å². The predicted molar refractivity (Wildman–Crippen MR) is 80.9 cm³/mol. The van der Waals surface area contributed by atoms with Crippen LogP contribution in [-0.2, 0) is 6.54 Å². The summed E-state index contributed by atoms with van der Waals surface area (Å²) in [4.78, 5) is 12.1. The molecule has 98 valence electrons. The zero-order valence-electron chi connectivity index (χ0n) is 10.6. The SMILES string of the molecule is Cc1ccc(C(=O)NCc2ccccc2Br)c(N)c1. The van der Waals surface area contributed by atoms with Crippen molar-refractivity contribution >= 4 is 27.5 Å². The van der Waals surface area contributed by atoms with Crippen molar-refractivity contribution in [1.29, 1.82) is 0 Å². The summed E-state index contributed by atoms with van der Waals surface area (Å²) in [6, 6.07) is 13.2. The van der Waals surface area contributed by atoms with Crippen molar-refractivity contribution in [3.05, 3.63) is 63.6 Å². The van der Waals surface area contributed by atoms with E-state index >= 15 is 0 Å². The maximum Gasteiger partial charge on any atom is 0.253 e. The fraction of sp³-hybridized carbons (Fsp3) is 0.133. The third kappa shape index (κ3) is 3.35. The van der Waals surface area contributed by atoms with Gasteiger partial charge in [0.2, 0.25) is 0 Å². The minimum absolute atomic E-state index is 0.159. The molecular formula is C15H15BrN2O. The van der Waals surface area contributed by atoms with Crippen LogP contribution in [0.2, 0.25) is 0 Å². The zero-order chi connectivity index (χ0) is 13.8. The molecule has 1 amide bonds. The quantitative estimate of drug-likeness (QED) is 0.853. The topological polar surface area (TPSA) is 55.1 Å². The third-order valence-electron chi connectivity index (χ3n) is 2.85. The lowest BCUT2D eigenvalue weighted by Crippen LogP contribution is -2.24. The van der Waals surface area contributed by atoms with Gasteiger partial charge >= 0.3 is 0 Å². The van der Waals surface area contributed by atoms with Gasteiger partial charge in [0.05, 0.1) is 5.56 Å². The first-order valence-corrected chi connectivity index (χ1v) is 6.75. The van der Waals surface area contributed by atoms with E-state index in [1.807, 2.05) is 37.3 Å². The normalized spacial score (nSPS) is 10.2. The van der Waals surface area contributed by atoms with Crippen LogP contribution in [0, 0.1) is 6.92 Å². The van der Waals surface area contributed by atoms with E-state index in [0.29, 0.717) is 17.8 Å². The number of carbonyl (C=O) groups excluding carboxylic acids is 1. The summed E-state index contributed by atoms with van der Waals surface area (Å²) in [6.07, 6.45) is 0. The van der Waals surface area contributed by atoms with Crippen LogP contribution in [0.25, 0.3) is 0 Å². The minimum Gasteiger partial charge on any atom is -0.398 e. The lowest BCUT2D eigenvalue weighted by atomic mass is 10.1. The van der Waals surface area contributed by atoms with Crippen LogP contribution in [0.1, 0.15) is 21.5 Å². The smallest absolute Gasteiger partial charge is 0.253 e. The maximum atomic E-state index is 12.1. The second-order valence-corrected chi connectivity index (χ2v) is 5.22. The fourth-order valence-corrected chi connectivity index (χ4v) is 2.23. The predicted octanol–water partition coefficient (Wildman–Crippen LogP) is 3.27. The number of hydrogen-bond acceptors (Lipinski definition) is 2. The van der Waals surface area contributed by atoms with Crippen molar-refractivity contribution in [2.75, 3.05) is 5.73 Å². The molecule has 0 spiro atoms. The van der Waals surface area contributed by atoms with Gasteiger partial charge in [-0.05, 0) is 36.2 Å². The maximum absolute atomic E-state index is 12.1. The van der Waals surface area contributed by atoms with Crippen molar-refractivity contribution in [1.82, 2.24) is 5.32 Å². The van der Waals surface area contributed by atoms with Gasteiger partial charge in [0, 0.05) is 16.7 Å². The van der Waals surface area contributed by atoms with E-state index in [9.17, 15) is 4.79 Å². The van der Waals surface area contributed by atoms with Gasteiger partial charge < -0.3 is 11.1 Å². The Hall–Kier alpha value is -1.81. The van der Waals surface area contributed by atoms with Gasteiger partial charge in [-0.25, -0.2) is 0 Å². The van der Waals surface area contributed by atoms with E-state index in [-0.39, 0.29) is 5.91 Å². The first-order chi connectivity index (χ1) is 9.08. The molecule has 19 heavy (non-hydrogen) atoms. The highest BCUT2D eigenvalue weighted by Gasteiger charge is 2.09. The fourth-order valence-electron chi connectivity index (χ4n) is 1.80. The van der Waals surface area contributed by atoms with Crippen LogP contribution in [-0.4, -0.2) is 5.91 Å². The monoisotopic (exact) mass is 318 g/mol. The van der Waals surface area contributed by atoms with E-state index < -0.39 is 0 Å². The van der Waals surface area contributed by atoms with Gasteiger partial charge in [-0.3, -0.25) is 4.79 Å². The standard InChI is InChI=1S/C15H15BrN2O/c1-10-6-7-12(14(17)8-10)15(19)18-9-11-4-2-3-5-13(11)16/h2-8H,9,17H2,1H3,(H,18,19). The number of halogens is 1. The molecule has 0 unspecified atom stereocenters. The Kier molecular flexibility index (Phi) is 4.22. The molecule has 0 aliphatic carbocycles. The first-order valence-electron chi connectivity index (χ1n) is 5.95. The number of nitrogens with one attached hydrogen (secondary N) is 1. The molecule has 0 aromatic heterocycles. The lowest BCUT2D eigenvalue weighted by molar-refractivity contribution is 0.0951. The van der Waals surface area contributed by atoms with Crippen molar-refractivity contribution in [3.8, 4) is 0 Å². The van der Waals surface area contributed by atoms with Gasteiger partial charge in [0.1, 0.15) is 0 Å². The number of nitrogen functional groups attached to an aromatic ring is 1. The number of carbonyl (C=O) groups is 1. The highest BCUT2D eigenvalue weighted by atomic mass is 79.9. The minimum atomic E-state index is -0.159. The number of benzene rings is 2. The molecule has 2 rings (SSSR count). The molecule has 0 aliphatic heterocycles. The van der Waals surface area contributed by atoms with E-state index in [4.69, 9.17) is 5.73 Å². The van der Waals surface area contributed by atoms with Gasteiger partial charge in [0.25, 0.3) is 5.91 Å². The van der Waals surface area contributed by atoms with E-state index in [1.54, 1.807) is 12.1 Å². The van der Waals surface area contributed by atoms with Crippen LogP contribution < -0.4 is 11.1 Å². The molecule has 2 aromatic carbocycles. The summed E-state index contributed by atoms with van der Waals surface area (Å²) in [5, 5.41) is 2.87. The molecule has 0 atom stereocenters. The number of anilines is 1. The Bertz CT molecular complexity index is 611. The number of nitrogens with two attached hydrogens (primary N) is 1. The Morgan fingerprint density at radius 3 is 2.68 bits per heavy atom. The number of hydrogen-bond donors (Lipinski definition) is 2. The van der Waals surface area contributed by atoms with Gasteiger partial charge in [-0.2, -0.15) is 0 Å². The molecule has 0 bridgehead atoms. The zero-order valence-corrected chi connectivity index (χ0v) is 12.2. The molecule has 3 N–H and O–H groups in total. The number of amides is 1. The van der Waals surface area contributed by atoms with Crippen molar-refractivity contribution in [3.63, 3.8) is 0 Å². The second kappa shape index (κ2) is 5.89. The van der Waals surface area contributed by atoms with Crippen LogP contribution >= 0.6 is 15.9 Å². The highest BCUT2D eigenvalue weighted by Crippen LogP contribution is 2.17. The molecule has 0 aliphatic rings. The molecule has 0 radical (unpaired) electrons. The Morgan fingerprint density at radius 2 is 2.00 bits per heavy atom. The van der Waals surface area contributed by atoms with Crippen LogP contribution in [0.5, 0.6) is 0 Å². The second-order valence-electron chi connectivity index (χ2n) is 4.36. The average Bonchev–Trinajstić information content (AvgIpc) is 2.37. The summed E-state index contributed by atoms with van der Waals surface area (Å²) in [5.41, 5.74) is 8.94. The summed E-state index contributed by atoms with van der Waals surface area (Å²) in [7, 11) is 0. The Labute approximate surface area is 121 Å². The lowest BCUT2D eigenvalue weighted by Gasteiger charge is -2.09. The molecule has 3 nitrogen and oxygen atoms in total. The molecule has 0 heterocycles. The third-order valence-corrected chi connectivity index (χ3v) is 3.62. The molecular weight excluding hydrogens is 304 g/mol.